The molecular formula is C21H24N4O. The first-order valence-corrected chi connectivity index (χ1v) is 9.47. The molecule has 2 heterocycles. The van der Waals surface area contributed by atoms with Crippen LogP contribution < -0.4 is 0 Å². The quantitative estimate of drug-likeness (QED) is 0.850. The van der Waals surface area contributed by atoms with Gasteiger partial charge in [-0.05, 0) is 62.8 Å². The van der Waals surface area contributed by atoms with Gasteiger partial charge in [0.1, 0.15) is 5.82 Å². The second kappa shape index (κ2) is 6.95. The average Bonchev–Trinajstić information content (AvgIpc) is 3.46. The first-order chi connectivity index (χ1) is 12.7. The van der Waals surface area contributed by atoms with Gasteiger partial charge >= 0.3 is 0 Å². The van der Waals surface area contributed by atoms with Crippen LogP contribution in [-0.4, -0.2) is 33.4 Å². The maximum Gasteiger partial charge on any atom is 0.253 e. The molecule has 0 atom stereocenters. The van der Waals surface area contributed by atoms with Gasteiger partial charge in [-0.3, -0.25) is 4.79 Å². The number of carbonyl (C=O) groups is 1. The molecule has 1 aliphatic heterocycles. The minimum Gasteiger partial charge on any atom is -0.339 e. The van der Waals surface area contributed by atoms with Crippen LogP contribution in [0.15, 0.2) is 30.5 Å². The molecule has 1 aliphatic carbocycles. The van der Waals surface area contributed by atoms with Crippen molar-refractivity contribution in [3.8, 4) is 6.07 Å². The zero-order valence-electron chi connectivity index (χ0n) is 15.2. The number of aryl methyl sites for hydroxylation is 1. The van der Waals surface area contributed by atoms with Crippen molar-refractivity contribution in [3.05, 3.63) is 53.1 Å². The Morgan fingerprint density at radius 1 is 1.19 bits per heavy atom. The third-order valence-electron chi connectivity index (χ3n) is 5.63. The van der Waals surface area contributed by atoms with Crippen LogP contribution in [0.1, 0.15) is 59.0 Å². The lowest BCUT2D eigenvalue weighted by Crippen LogP contribution is -2.39. The molecule has 1 amide bonds. The summed E-state index contributed by atoms with van der Waals surface area (Å²) in [7, 11) is 0. The summed E-state index contributed by atoms with van der Waals surface area (Å²) in [6.45, 7) is 4.77. The van der Waals surface area contributed by atoms with E-state index in [9.17, 15) is 4.79 Å². The molecule has 0 radical (unpaired) electrons. The molecule has 0 unspecified atom stereocenters. The van der Waals surface area contributed by atoms with Gasteiger partial charge in [0.05, 0.1) is 11.6 Å². The van der Waals surface area contributed by atoms with Gasteiger partial charge in [0.25, 0.3) is 5.91 Å². The van der Waals surface area contributed by atoms with Crippen molar-refractivity contribution in [2.45, 2.75) is 45.1 Å². The molecule has 1 aromatic carbocycles. The van der Waals surface area contributed by atoms with Crippen LogP contribution in [0.25, 0.3) is 0 Å². The van der Waals surface area contributed by atoms with E-state index < -0.39 is 0 Å². The first kappa shape index (κ1) is 16.8. The number of hydrogen-bond acceptors (Lipinski definition) is 3. The lowest BCUT2D eigenvalue weighted by molar-refractivity contribution is 0.0682. The number of benzene rings is 1. The zero-order chi connectivity index (χ0) is 18.1. The third kappa shape index (κ3) is 3.37. The predicted octanol–water partition coefficient (Wildman–Crippen LogP) is 3.49. The molecule has 0 N–H and O–H groups in total. The SMILES string of the molecule is Cc1cnc(C2CC2)n1CC1CCN(C(=O)c2ccc(C#N)cc2)CC1. The van der Waals surface area contributed by atoms with E-state index in [1.165, 1.54) is 24.4 Å². The van der Waals surface area contributed by atoms with E-state index >= 15 is 0 Å². The number of imidazole rings is 1. The van der Waals surface area contributed by atoms with Crippen molar-refractivity contribution in [2.75, 3.05) is 13.1 Å². The van der Waals surface area contributed by atoms with E-state index in [-0.39, 0.29) is 5.91 Å². The van der Waals surface area contributed by atoms with Crippen molar-refractivity contribution in [2.24, 2.45) is 5.92 Å². The van der Waals surface area contributed by atoms with Crippen LogP contribution in [0.4, 0.5) is 0 Å². The van der Waals surface area contributed by atoms with Gasteiger partial charge in [0.2, 0.25) is 0 Å². The molecule has 1 saturated carbocycles. The normalized spacial score (nSPS) is 17.9. The highest BCUT2D eigenvalue weighted by Crippen LogP contribution is 2.40. The number of piperidine rings is 1. The Morgan fingerprint density at radius 3 is 2.50 bits per heavy atom. The van der Waals surface area contributed by atoms with Crippen LogP contribution in [-0.2, 0) is 6.54 Å². The molecule has 134 valence electrons. The van der Waals surface area contributed by atoms with E-state index in [2.05, 4.69) is 22.5 Å². The maximum absolute atomic E-state index is 12.7. The Kier molecular flexibility index (Phi) is 4.50. The summed E-state index contributed by atoms with van der Waals surface area (Å²) < 4.78 is 2.40. The lowest BCUT2D eigenvalue weighted by atomic mass is 9.96. The number of aromatic nitrogens is 2. The summed E-state index contributed by atoms with van der Waals surface area (Å²) in [5.41, 5.74) is 2.51. The van der Waals surface area contributed by atoms with E-state index in [1.807, 2.05) is 11.1 Å². The Bertz CT molecular complexity index is 834. The van der Waals surface area contributed by atoms with E-state index in [0.29, 0.717) is 23.0 Å². The Morgan fingerprint density at radius 2 is 1.88 bits per heavy atom. The second-order valence-corrected chi connectivity index (χ2v) is 7.57. The molecule has 1 aromatic heterocycles. The van der Waals surface area contributed by atoms with E-state index in [4.69, 9.17) is 5.26 Å². The monoisotopic (exact) mass is 348 g/mol. The van der Waals surface area contributed by atoms with Gasteiger partial charge < -0.3 is 9.47 Å². The summed E-state index contributed by atoms with van der Waals surface area (Å²) in [5.74, 6) is 2.61. The van der Waals surface area contributed by atoms with Gasteiger partial charge in [-0.25, -0.2) is 4.98 Å². The molecular weight excluding hydrogens is 324 g/mol. The average molecular weight is 348 g/mol. The zero-order valence-corrected chi connectivity index (χ0v) is 15.2. The molecule has 2 aromatic rings. The highest BCUT2D eigenvalue weighted by Gasteiger charge is 2.30. The number of nitriles is 1. The molecule has 1 saturated heterocycles. The molecule has 5 nitrogen and oxygen atoms in total. The fraction of sp³-hybridized carbons (Fsp3) is 0.476. The Hall–Kier alpha value is -2.61. The number of rotatable bonds is 4. The Balaban J connectivity index is 1.36. The van der Waals surface area contributed by atoms with E-state index in [1.54, 1.807) is 24.3 Å². The van der Waals surface area contributed by atoms with Crippen LogP contribution in [0.3, 0.4) is 0 Å². The minimum atomic E-state index is 0.0745. The number of hydrogen-bond donors (Lipinski definition) is 0. The fourth-order valence-electron chi connectivity index (χ4n) is 3.83. The summed E-state index contributed by atoms with van der Waals surface area (Å²) in [4.78, 5) is 19.2. The van der Waals surface area contributed by atoms with Crippen molar-refractivity contribution >= 4 is 5.91 Å². The number of likely N-dealkylation sites (tertiary alicyclic amines) is 1. The van der Waals surface area contributed by atoms with Crippen LogP contribution in [0.2, 0.25) is 0 Å². The predicted molar refractivity (Wildman–Crippen MR) is 98.7 cm³/mol. The molecule has 4 rings (SSSR count). The second-order valence-electron chi connectivity index (χ2n) is 7.57. The lowest BCUT2D eigenvalue weighted by Gasteiger charge is -2.32. The van der Waals surface area contributed by atoms with Gasteiger partial charge in [0.15, 0.2) is 0 Å². The van der Waals surface area contributed by atoms with Crippen molar-refractivity contribution in [3.63, 3.8) is 0 Å². The third-order valence-corrected chi connectivity index (χ3v) is 5.63. The highest BCUT2D eigenvalue weighted by atomic mass is 16.2. The Labute approximate surface area is 154 Å². The molecule has 5 heteroatoms. The van der Waals surface area contributed by atoms with Crippen molar-refractivity contribution < 1.29 is 4.79 Å². The summed E-state index contributed by atoms with van der Waals surface area (Å²) in [5, 5.41) is 8.88. The number of carbonyl (C=O) groups excluding carboxylic acids is 1. The number of amides is 1. The molecule has 0 spiro atoms. The number of nitrogens with zero attached hydrogens (tertiary/aromatic N) is 4. The summed E-state index contributed by atoms with van der Waals surface area (Å²) >= 11 is 0. The van der Waals surface area contributed by atoms with Gasteiger partial charge in [0, 0.05) is 43.0 Å². The maximum atomic E-state index is 12.7. The van der Waals surface area contributed by atoms with Crippen molar-refractivity contribution in [1.29, 1.82) is 5.26 Å². The minimum absolute atomic E-state index is 0.0745. The fourth-order valence-corrected chi connectivity index (χ4v) is 3.83. The van der Waals surface area contributed by atoms with Crippen LogP contribution >= 0.6 is 0 Å². The smallest absolute Gasteiger partial charge is 0.253 e. The summed E-state index contributed by atoms with van der Waals surface area (Å²) in [6.07, 6.45) is 6.60. The van der Waals surface area contributed by atoms with Gasteiger partial charge in [-0.15, -0.1) is 0 Å². The van der Waals surface area contributed by atoms with Crippen LogP contribution in [0, 0.1) is 24.2 Å². The molecule has 0 bridgehead atoms. The highest BCUT2D eigenvalue weighted by molar-refractivity contribution is 5.94. The van der Waals surface area contributed by atoms with E-state index in [0.717, 1.165) is 32.5 Å². The largest absolute Gasteiger partial charge is 0.339 e. The molecule has 2 fully saturated rings. The molecule has 26 heavy (non-hydrogen) atoms. The standard InChI is InChI=1S/C21H24N4O/c1-15-13-23-20(18-6-7-18)25(15)14-17-8-10-24(11-9-17)21(26)19-4-2-16(12-22)3-5-19/h2-5,13,17-18H,6-11,14H2,1H3. The van der Waals surface area contributed by atoms with Gasteiger partial charge in [-0.2, -0.15) is 5.26 Å². The van der Waals surface area contributed by atoms with Gasteiger partial charge in [-0.1, -0.05) is 0 Å². The van der Waals surface area contributed by atoms with Crippen LogP contribution in [0.5, 0.6) is 0 Å². The summed E-state index contributed by atoms with van der Waals surface area (Å²) in [6, 6.07) is 9.01. The molecule has 2 aliphatic rings. The first-order valence-electron chi connectivity index (χ1n) is 9.47. The van der Waals surface area contributed by atoms with Crippen molar-refractivity contribution in [1.82, 2.24) is 14.5 Å². The topological polar surface area (TPSA) is 61.9 Å².